The van der Waals surface area contributed by atoms with Crippen molar-refractivity contribution in [1.29, 1.82) is 0 Å². The molecule has 116 valence electrons. The van der Waals surface area contributed by atoms with Crippen LogP contribution in [0.3, 0.4) is 0 Å². The number of nitrogens with one attached hydrogen (secondary N) is 1. The highest BCUT2D eigenvalue weighted by molar-refractivity contribution is 5.79. The van der Waals surface area contributed by atoms with Crippen molar-refractivity contribution in [3.63, 3.8) is 0 Å². The van der Waals surface area contributed by atoms with Crippen molar-refractivity contribution in [2.24, 2.45) is 16.8 Å². The van der Waals surface area contributed by atoms with E-state index in [2.05, 4.69) is 45.6 Å². The second kappa shape index (κ2) is 8.64. The number of benzene rings is 1. The summed E-state index contributed by atoms with van der Waals surface area (Å²) in [6, 6.07) is 10.7. The monoisotopic (exact) mass is 290 g/mol. The third-order valence-electron chi connectivity index (χ3n) is 3.97. The predicted molar refractivity (Wildman–Crippen MR) is 85.9 cm³/mol. The van der Waals surface area contributed by atoms with Gasteiger partial charge >= 0.3 is 0 Å². The highest BCUT2D eigenvalue weighted by Gasteiger charge is 2.21. The van der Waals surface area contributed by atoms with Gasteiger partial charge < -0.3 is 9.64 Å². The molecule has 1 saturated heterocycles. The van der Waals surface area contributed by atoms with Crippen LogP contribution in [0, 0.1) is 5.92 Å². The quantitative estimate of drug-likeness (QED) is 0.283. The summed E-state index contributed by atoms with van der Waals surface area (Å²) in [6.45, 7) is 3.27. The van der Waals surface area contributed by atoms with Crippen LogP contribution in [-0.2, 0) is 11.2 Å². The van der Waals surface area contributed by atoms with Gasteiger partial charge in [0.05, 0.1) is 13.2 Å². The Morgan fingerprint density at radius 2 is 2.05 bits per heavy atom. The molecule has 0 saturated carbocycles. The Bertz CT molecular complexity index is 427. The number of hydrogen-bond donors (Lipinski definition) is 2. The minimum Gasteiger partial charge on any atom is -0.383 e. The molecule has 2 rings (SSSR count). The van der Waals surface area contributed by atoms with E-state index >= 15 is 0 Å². The zero-order valence-corrected chi connectivity index (χ0v) is 12.8. The first-order valence-corrected chi connectivity index (χ1v) is 7.62. The molecule has 1 fully saturated rings. The number of nitrogens with two attached hydrogens (primary N) is 1. The summed E-state index contributed by atoms with van der Waals surface area (Å²) in [7, 11) is 1.68. The molecule has 1 heterocycles. The van der Waals surface area contributed by atoms with Crippen molar-refractivity contribution in [2.75, 3.05) is 33.4 Å². The minimum absolute atomic E-state index is 0.621. The van der Waals surface area contributed by atoms with Gasteiger partial charge in [0.15, 0.2) is 0 Å². The fraction of sp³-hybridized carbons (Fsp3) is 0.562. The van der Waals surface area contributed by atoms with Gasteiger partial charge in [0.25, 0.3) is 0 Å². The van der Waals surface area contributed by atoms with Gasteiger partial charge in [0, 0.05) is 20.2 Å². The van der Waals surface area contributed by atoms with E-state index in [9.17, 15) is 0 Å². The Balaban J connectivity index is 1.80. The van der Waals surface area contributed by atoms with Crippen molar-refractivity contribution < 1.29 is 4.74 Å². The van der Waals surface area contributed by atoms with E-state index in [1.807, 2.05) is 0 Å². The molecule has 5 nitrogen and oxygen atoms in total. The van der Waals surface area contributed by atoms with Gasteiger partial charge in [-0.3, -0.25) is 5.43 Å². The highest BCUT2D eigenvalue weighted by Crippen LogP contribution is 2.21. The van der Waals surface area contributed by atoms with Gasteiger partial charge in [-0.15, -0.1) is 0 Å². The summed E-state index contributed by atoms with van der Waals surface area (Å²) < 4.78 is 5.01. The zero-order chi connectivity index (χ0) is 14.9. The summed E-state index contributed by atoms with van der Waals surface area (Å²) in [6.07, 6.45) is 3.53. The maximum absolute atomic E-state index is 5.58. The maximum atomic E-state index is 5.58. The third kappa shape index (κ3) is 5.02. The molecule has 0 amide bonds. The van der Waals surface area contributed by atoms with Crippen molar-refractivity contribution in [3.8, 4) is 0 Å². The molecule has 0 spiro atoms. The van der Waals surface area contributed by atoms with E-state index in [0.717, 1.165) is 25.0 Å². The lowest BCUT2D eigenvalue weighted by molar-refractivity contribution is 0.206. The number of hydrogen-bond acceptors (Lipinski definition) is 3. The molecule has 1 aromatic rings. The van der Waals surface area contributed by atoms with Crippen LogP contribution in [-0.4, -0.2) is 44.2 Å². The Kier molecular flexibility index (Phi) is 6.50. The van der Waals surface area contributed by atoms with Crippen molar-refractivity contribution in [2.45, 2.75) is 19.3 Å². The molecule has 1 aliphatic rings. The Hall–Kier alpha value is -1.59. The molecule has 21 heavy (non-hydrogen) atoms. The second-order valence-electron chi connectivity index (χ2n) is 5.46. The molecule has 0 bridgehead atoms. The molecular weight excluding hydrogens is 264 g/mol. The number of nitrogens with zero attached hydrogens (tertiary/aromatic N) is 2. The van der Waals surface area contributed by atoms with Crippen LogP contribution in [0.2, 0.25) is 0 Å². The van der Waals surface area contributed by atoms with Crippen LogP contribution in [0.15, 0.2) is 35.3 Å². The summed E-state index contributed by atoms with van der Waals surface area (Å²) in [5.74, 6) is 7.11. The van der Waals surface area contributed by atoms with Gasteiger partial charge in [-0.25, -0.2) is 10.8 Å². The van der Waals surface area contributed by atoms with Crippen LogP contribution in [0.4, 0.5) is 0 Å². The van der Waals surface area contributed by atoms with E-state index in [-0.39, 0.29) is 0 Å². The molecule has 0 unspecified atom stereocenters. The van der Waals surface area contributed by atoms with Crippen LogP contribution in [0.1, 0.15) is 18.4 Å². The van der Waals surface area contributed by atoms with E-state index < -0.39 is 0 Å². The number of hydrazine groups is 1. The first-order chi connectivity index (χ1) is 10.3. The van der Waals surface area contributed by atoms with Gasteiger partial charge in [0.2, 0.25) is 5.96 Å². The molecule has 0 aliphatic carbocycles. The number of ether oxygens (including phenoxy) is 1. The fourth-order valence-electron chi connectivity index (χ4n) is 2.78. The maximum Gasteiger partial charge on any atom is 0.208 e. The average molecular weight is 290 g/mol. The molecule has 5 heteroatoms. The number of aliphatic imine (C=N–C) groups is 1. The lowest BCUT2D eigenvalue weighted by Crippen LogP contribution is -2.48. The smallest absolute Gasteiger partial charge is 0.208 e. The fourth-order valence-corrected chi connectivity index (χ4v) is 2.78. The SMILES string of the molecule is COCCN=C(NN)N1CCC(Cc2ccccc2)CC1. The van der Waals surface area contributed by atoms with Gasteiger partial charge in [0.1, 0.15) is 0 Å². The van der Waals surface area contributed by atoms with Gasteiger partial charge in [-0.1, -0.05) is 30.3 Å². The molecule has 0 atom stereocenters. The summed E-state index contributed by atoms with van der Waals surface area (Å²) in [5.41, 5.74) is 4.15. The number of piperidine rings is 1. The largest absolute Gasteiger partial charge is 0.383 e. The Morgan fingerprint density at radius 3 is 2.67 bits per heavy atom. The van der Waals surface area contributed by atoms with E-state index in [1.165, 1.54) is 24.8 Å². The van der Waals surface area contributed by atoms with Crippen LogP contribution in [0.5, 0.6) is 0 Å². The van der Waals surface area contributed by atoms with Gasteiger partial charge in [-0.2, -0.15) is 0 Å². The first kappa shape index (κ1) is 15.8. The number of rotatable bonds is 5. The van der Waals surface area contributed by atoms with Crippen LogP contribution < -0.4 is 11.3 Å². The van der Waals surface area contributed by atoms with E-state index in [0.29, 0.717) is 13.2 Å². The summed E-state index contributed by atoms with van der Waals surface area (Å²) in [4.78, 5) is 6.68. The molecule has 3 N–H and O–H groups in total. The lowest BCUT2D eigenvalue weighted by Gasteiger charge is -2.33. The van der Waals surface area contributed by atoms with Crippen LogP contribution in [0.25, 0.3) is 0 Å². The minimum atomic E-state index is 0.621. The van der Waals surface area contributed by atoms with Crippen molar-refractivity contribution >= 4 is 5.96 Å². The standard InChI is InChI=1S/C16H26N4O/c1-21-12-9-18-16(19-17)20-10-7-15(8-11-20)13-14-5-3-2-4-6-14/h2-6,15H,7-13,17H2,1H3,(H,18,19). The van der Waals surface area contributed by atoms with Crippen molar-refractivity contribution in [1.82, 2.24) is 10.3 Å². The normalized spacial score (nSPS) is 17.0. The molecule has 1 aliphatic heterocycles. The second-order valence-corrected chi connectivity index (χ2v) is 5.46. The topological polar surface area (TPSA) is 62.9 Å². The lowest BCUT2D eigenvalue weighted by atomic mass is 9.90. The van der Waals surface area contributed by atoms with Crippen LogP contribution >= 0.6 is 0 Å². The first-order valence-electron chi connectivity index (χ1n) is 7.62. The van der Waals surface area contributed by atoms with E-state index in [1.54, 1.807) is 7.11 Å². The van der Waals surface area contributed by atoms with Crippen molar-refractivity contribution in [3.05, 3.63) is 35.9 Å². The summed E-state index contributed by atoms with van der Waals surface area (Å²) in [5, 5.41) is 0. The predicted octanol–water partition coefficient (Wildman–Crippen LogP) is 1.41. The molecular formula is C16H26N4O. The highest BCUT2D eigenvalue weighted by atomic mass is 16.5. The molecule has 0 aromatic heterocycles. The number of guanidine groups is 1. The average Bonchev–Trinajstić information content (AvgIpc) is 2.54. The van der Waals surface area contributed by atoms with E-state index in [4.69, 9.17) is 10.6 Å². The zero-order valence-electron chi connectivity index (χ0n) is 12.8. The number of methoxy groups -OCH3 is 1. The molecule has 0 radical (unpaired) electrons. The summed E-state index contributed by atoms with van der Waals surface area (Å²) >= 11 is 0. The Labute approximate surface area is 127 Å². The Morgan fingerprint density at radius 1 is 1.33 bits per heavy atom. The number of likely N-dealkylation sites (tertiary alicyclic amines) is 1. The third-order valence-corrected chi connectivity index (χ3v) is 3.97. The molecule has 1 aromatic carbocycles. The van der Waals surface area contributed by atoms with Gasteiger partial charge in [-0.05, 0) is 30.7 Å².